The molecule has 0 amide bonds. The first-order valence-corrected chi connectivity index (χ1v) is 7.99. The summed E-state index contributed by atoms with van der Waals surface area (Å²) < 4.78 is 0. The molecule has 1 radical (unpaired) electrons. The summed E-state index contributed by atoms with van der Waals surface area (Å²) >= 11 is 0. The predicted octanol–water partition coefficient (Wildman–Crippen LogP) is 5.70. The van der Waals surface area contributed by atoms with Crippen LogP contribution in [0.3, 0.4) is 0 Å². The van der Waals surface area contributed by atoms with Crippen molar-refractivity contribution in [3.05, 3.63) is 77.9 Å². The van der Waals surface area contributed by atoms with Crippen molar-refractivity contribution in [2.45, 2.75) is 13.8 Å². The van der Waals surface area contributed by atoms with E-state index >= 15 is 0 Å². The first-order valence-electron chi connectivity index (χ1n) is 7.99. The van der Waals surface area contributed by atoms with Gasteiger partial charge in [-0.25, -0.2) is 0 Å². The summed E-state index contributed by atoms with van der Waals surface area (Å²) in [5.41, 5.74) is 8.87. The molecule has 0 atom stereocenters. The van der Waals surface area contributed by atoms with Crippen LogP contribution in [0.1, 0.15) is 11.1 Å². The van der Waals surface area contributed by atoms with Crippen molar-refractivity contribution in [1.29, 1.82) is 0 Å². The van der Waals surface area contributed by atoms with E-state index in [1.54, 1.807) is 0 Å². The number of rotatable bonds is 3. The Hall–Kier alpha value is -1.44. The fraction of sp³-hybridized carbons (Fsp3) is 0.182. The van der Waals surface area contributed by atoms with Crippen molar-refractivity contribution in [3.8, 4) is 22.3 Å². The Morgan fingerprint density at radius 2 is 1.00 bits per heavy atom. The second-order valence-electron chi connectivity index (χ2n) is 6.40. The summed E-state index contributed by atoms with van der Waals surface area (Å²) in [7, 11) is 4.13. The number of aryl methyl sites for hydroxylation is 2. The molecule has 0 aliphatic carbocycles. The third kappa shape index (κ3) is 4.34. The standard InChI is InChI=1S/C22H23N.Y/c1-16-5-7-18(8-6-16)20-13-17(2)14-21(15-20)19-9-11-22(12-10-19)23(3)4;/h5-15H,1-4H3;. The second-order valence-corrected chi connectivity index (χ2v) is 6.40. The molecule has 0 aliphatic rings. The minimum atomic E-state index is 0. The minimum absolute atomic E-state index is 0. The molecular formula is C22H23NY. The van der Waals surface area contributed by atoms with E-state index in [9.17, 15) is 0 Å². The Morgan fingerprint density at radius 1 is 0.542 bits per heavy atom. The van der Waals surface area contributed by atoms with Gasteiger partial charge in [-0.3, -0.25) is 0 Å². The molecule has 3 aromatic carbocycles. The van der Waals surface area contributed by atoms with E-state index in [0.717, 1.165) is 0 Å². The molecule has 0 bridgehead atoms. The van der Waals surface area contributed by atoms with Gasteiger partial charge >= 0.3 is 0 Å². The first kappa shape index (κ1) is 18.9. The summed E-state index contributed by atoms with van der Waals surface area (Å²) in [6.45, 7) is 4.28. The number of hydrogen-bond acceptors (Lipinski definition) is 1. The topological polar surface area (TPSA) is 3.24 Å². The number of nitrogens with zero attached hydrogens (tertiary/aromatic N) is 1. The molecule has 119 valence electrons. The van der Waals surface area contributed by atoms with Gasteiger partial charge in [-0.05, 0) is 59.9 Å². The molecule has 0 unspecified atom stereocenters. The summed E-state index contributed by atoms with van der Waals surface area (Å²) in [6, 6.07) is 24.3. The number of anilines is 1. The second kappa shape index (κ2) is 8.09. The fourth-order valence-corrected chi connectivity index (χ4v) is 2.81. The van der Waals surface area contributed by atoms with E-state index < -0.39 is 0 Å². The van der Waals surface area contributed by atoms with Crippen LogP contribution in [0.4, 0.5) is 5.69 Å². The molecule has 3 aromatic rings. The zero-order valence-corrected chi connectivity index (χ0v) is 17.7. The van der Waals surface area contributed by atoms with Crippen LogP contribution >= 0.6 is 0 Å². The molecule has 0 heterocycles. The zero-order chi connectivity index (χ0) is 16.4. The van der Waals surface area contributed by atoms with Crippen LogP contribution in [0.15, 0.2) is 66.7 Å². The molecular weight excluding hydrogens is 367 g/mol. The molecule has 2 heteroatoms. The van der Waals surface area contributed by atoms with Crippen LogP contribution < -0.4 is 4.90 Å². The van der Waals surface area contributed by atoms with Crippen molar-refractivity contribution in [2.24, 2.45) is 0 Å². The molecule has 1 nitrogen and oxygen atoms in total. The third-order valence-electron chi connectivity index (χ3n) is 4.18. The zero-order valence-electron chi connectivity index (χ0n) is 14.9. The van der Waals surface area contributed by atoms with Crippen LogP contribution in [0.5, 0.6) is 0 Å². The van der Waals surface area contributed by atoms with Crippen molar-refractivity contribution in [3.63, 3.8) is 0 Å². The number of benzene rings is 3. The average Bonchev–Trinajstić information content (AvgIpc) is 2.55. The maximum absolute atomic E-state index is 2.28. The third-order valence-corrected chi connectivity index (χ3v) is 4.18. The van der Waals surface area contributed by atoms with Gasteiger partial charge < -0.3 is 4.90 Å². The van der Waals surface area contributed by atoms with Crippen molar-refractivity contribution >= 4 is 5.69 Å². The van der Waals surface area contributed by atoms with E-state index in [-0.39, 0.29) is 32.7 Å². The largest absolute Gasteiger partial charge is 0.378 e. The van der Waals surface area contributed by atoms with E-state index in [0.29, 0.717) is 0 Å². The Bertz CT molecular complexity index is 802. The van der Waals surface area contributed by atoms with Crippen LogP contribution in [-0.4, -0.2) is 14.1 Å². The Kier molecular flexibility index (Phi) is 6.37. The van der Waals surface area contributed by atoms with Gasteiger partial charge in [-0.1, -0.05) is 54.1 Å². The molecule has 24 heavy (non-hydrogen) atoms. The summed E-state index contributed by atoms with van der Waals surface area (Å²) in [5.74, 6) is 0. The summed E-state index contributed by atoms with van der Waals surface area (Å²) in [5, 5.41) is 0. The van der Waals surface area contributed by atoms with Crippen LogP contribution in [0, 0.1) is 13.8 Å². The normalized spacial score (nSPS) is 10.2. The molecule has 0 saturated carbocycles. The van der Waals surface area contributed by atoms with Gasteiger partial charge in [0.15, 0.2) is 0 Å². The Labute approximate surface area is 170 Å². The van der Waals surface area contributed by atoms with Gasteiger partial charge in [-0.15, -0.1) is 0 Å². The van der Waals surface area contributed by atoms with Crippen LogP contribution in [-0.2, 0) is 32.7 Å². The van der Waals surface area contributed by atoms with Crippen molar-refractivity contribution < 1.29 is 32.7 Å². The average molecular weight is 390 g/mol. The molecule has 3 rings (SSSR count). The van der Waals surface area contributed by atoms with Gasteiger partial charge in [-0.2, -0.15) is 0 Å². The molecule has 0 N–H and O–H groups in total. The van der Waals surface area contributed by atoms with E-state index in [1.807, 2.05) is 0 Å². The maximum atomic E-state index is 2.28. The SMILES string of the molecule is Cc1ccc(-c2cc(C)cc(-c3ccc(N(C)C)cc3)c2)cc1.[Y]. The Morgan fingerprint density at radius 3 is 1.46 bits per heavy atom. The van der Waals surface area contributed by atoms with Gasteiger partial charge in [0.05, 0.1) is 0 Å². The number of hydrogen-bond donors (Lipinski definition) is 0. The molecule has 0 saturated heterocycles. The van der Waals surface area contributed by atoms with Crippen LogP contribution in [0.2, 0.25) is 0 Å². The first-order chi connectivity index (χ1) is 11.0. The fourth-order valence-electron chi connectivity index (χ4n) is 2.81. The monoisotopic (exact) mass is 390 g/mol. The van der Waals surface area contributed by atoms with Crippen LogP contribution in [0.25, 0.3) is 22.3 Å². The Balaban J connectivity index is 0.00000208. The van der Waals surface area contributed by atoms with Gasteiger partial charge in [0.2, 0.25) is 0 Å². The minimum Gasteiger partial charge on any atom is -0.378 e. The van der Waals surface area contributed by atoms with E-state index in [2.05, 4.69) is 99.6 Å². The van der Waals surface area contributed by atoms with Crippen molar-refractivity contribution in [1.82, 2.24) is 0 Å². The van der Waals surface area contributed by atoms with Gasteiger partial charge in [0.1, 0.15) is 0 Å². The molecule has 0 aromatic heterocycles. The maximum Gasteiger partial charge on any atom is 0.0361 e. The van der Waals surface area contributed by atoms with E-state index in [4.69, 9.17) is 0 Å². The summed E-state index contributed by atoms with van der Waals surface area (Å²) in [4.78, 5) is 2.12. The van der Waals surface area contributed by atoms with Gasteiger partial charge in [0, 0.05) is 52.5 Å². The van der Waals surface area contributed by atoms with Crippen molar-refractivity contribution in [2.75, 3.05) is 19.0 Å². The quantitative estimate of drug-likeness (QED) is 0.555. The molecule has 0 spiro atoms. The smallest absolute Gasteiger partial charge is 0.0361 e. The molecule has 0 fully saturated rings. The molecule has 0 aliphatic heterocycles. The van der Waals surface area contributed by atoms with Gasteiger partial charge in [0.25, 0.3) is 0 Å². The van der Waals surface area contributed by atoms with E-state index in [1.165, 1.54) is 39.1 Å². The predicted molar refractivity (Wildman–Crippen MR) is 101 cm³/mol. The summed E-state index contributed by atoms with van der Waals surface area (Å²) in [6.07, 6.45) is 0.